The molecule has 0 radical (unpaired) electrons. The van der Waals surface area contributed by atoms with E-state index in [1.165, 1.54) is 11.4 Å². The van der Waals surface area contributed by atoms with Crippen LogP contribution in [0.5, 0.6) is 5.88 Å². The molecule has 0 amide bonds. The molecular weight excluding hydrogens is 292 g/mol. The van der Waals surface area contributed by atoms with Gasteiger partial charge in [-0.25, -0.2) is 4.98 Å². The van der Waals surface area contributed by atoms with Gasteiger partial charge in [-0.3, -0.25) is 0 Å². The van der Waals surface area contributed by atoms with Gasteiger partial charge in [0.15, 0.2) is 0 Å². The molecule has 0 saturated heterocycles. The number of hydrogen-bond acceptors (Lipinski definition) is 5. The highest BCUT2D eigenvalue weighted by Gasteiger charge is 2.16. The van der Waals surface area contributed by atoms with Crippen molar-refractivity contribution in [2.24, 2.45) is 0 Å². The summed E-state index contributed by atoms with van der Waals surface area (Å²) >= 11 is 0. The molecule has 8 heteroatoms. The highest BCUT2D eigenvalue weighted by atomic mass is 32.2. The maximum absolute atomic E-state index is 12.1. The summed E-state index contributed by atoms with van der Waals surface area (Å²) < 4.78 is 33.0. The zero-order chi connectivity index (χ0) is 15.7. The molecule has 120 valence electrons. The predicted molar refractivity (Wildman–Crippen MR) is 82.3 cm³/mol. The predicted octanol–water partition coefficient (Wildman–Crippen LogP) is 0.356. The van der Waals surface area contributed by atoms with E-state index < -0.39 is 10.2 Å². The second kappa shape index (κ2) is 8.93. The first-order chi connectivity index (χ1) is 9.99. The van der Waals surface area contributed by atoms with Gasteiger partial charge in [0.2, 0.25) is 5.88 Å². The van der Waals surface area contributed by atoms with Gasteiger partial charge in [-0.15, -0.1) is 0 Å². The van der Waals surface area contributed by atoms with Gasteiger partial charge in [-0.1, -0.05) is 6.92 Å². The number of pyridine rings is 1. The van der Waals surface area contributed by atoms with Crippen LogP contribution in [0.15, 0.2) is 18.3 Å². The van der Waals surface area contributed by atoms with Crippen LogP contribution in [0.1, 0.15) is 18.9 Å². The van der Waals surface area contributed by atoms with Crippen LogP contribution >= 0.6 is 0 Å². The molecule has 21 heavy (non-hydrogen) atoms. The summed E-state index contributed by atoms with van der Waals surface area (Å²) in [6.45, 7) is 4.39. The molecule has 0 saturated carbocycles. The number of nitrogens with zero attached hydrogens (tertiary/aromatic N) is 2. The Labute approximate surface area is 126 Å². The minimum Gasteiger partial charge on any atom is -0.481 e. The van der Waals surface area contributed by atoms with Crippen molar-refractivity contribution in [1.29, 1.82) is 0 Å². The SMILES string of the molecule is CCNCCCN(C)S(=O)(=O)NCc1ccnc(OC)c1. The van der Waals surface area contributed by atoms with Crippen LogP contribution in [0.4, 0.5) is 0 Å². The maximum atomic E-state index is 12.1. The van der Waals surface area contributed by atoms with Gasteiger partial charge >= 0.3 is 0 Å². The van der Waals surface area contributed by atoms with E-state index >= 15 is 0 Å². The van der Waals surface area contributed by atoms with Crippen LogP contribution in [0.25, 0.3) is 0 Å². The van der Waals surface area contributed by atoms with Crippen LogP contribution in [-0.4, -0.2) is 51.5 Å². The van der Waals surface area contributed by atoms with Crippen LogP contribution < -0.4 is 14.8 Å². The number of aromatic nitrogens is 1. The fraction of sp³-hybridized carbons (Fsp3) is 0.615. The quantitative estimate of drug-likeness (QED) is 0.609. The Kier molecular flexibility index (Phi) is 7.58. The van der Waals surface area contributed by atoms with Gasteiger partial charge in [-0.05, 0) is 31.1 Å². The van der Waals surface area contributed by atoms with Crippen LogP contribution in [0.2, 0.25) is 0 Å². The lowest BCUT2D eigenvalue weighted by Crippen LogP contribution is -2.39. The molecule has 1 rings (SSSR count). The molecule has 0 unspecified atom stereocenters. The van der Waals surface area contributed by atoms with Gasteiger partial charge in [0.05, 0.1) is 7.11 Å². The minimum absolute atomic E-state index is 0.207. The molecule has 1 aromatic heterocycles. The standard InChI is InChI=1S/C13H24N4O3S/c1-4-14-7-5-9-17(2)21(18,19)16-11-12-6-8-15-13(10-12)20-3/h6,8,10,14,16H,4-5,7,9,11H2,1-3H3. The summed E-state index contributed by atoms with van der Waals surface area (Å²) in [4.78, 5) is 3.98. The molecule has 0 spiro atoms. The van der Waals surface area contributed by atoms with Crippen molar-refractivity contribution in [3.63, 3.8) is 0 Å². The Morgan fingerprint density at radius 2 is 2.19 bits per heavy atom. The minimum atomic E-state index is -3.47. The van der Waals surface area contributed by atoms with Crippen molar-refractivity contribution in [2.45, 2.75) is 19.9 Å². The van der Waals surface area contributed by atoms with E-state index in [2.05, 4.69) is 15.0 Å². The van der Waals surface area contributed by atoms with E-state index in [9.17, 15) is 8.42 Å². The fourth-order valence-corrected chi connectivity index (χ4v) is 2.62. The van der Waals surface area contributed by atoms with E-state index in [1.807, 2.05) is 6.92 Å². The van der Waals surface area contributed by atoms with E-state index in [0.29, 0.717) is 12.4 Å². The summed E-state index contributed by atoms with van der Waals surface area (Å²) in [5.41, 5.74) is 0.798. The molecule has 0 aromatic carbocycles. The van der Waals surface area contributed by atoms with Crippen LogP contribution in [0, 0.1) is 0 Å². The van der Waals surface area contributed by atoms with Gasteiger partial charge in [-0.2, -0.15) is 17.4 Å². The smallest absolute Gasteiger partial charge is 0.279 e. The average Bonchev–Trinajstić information content (AvgIpc) is 2.49. The highest BCUT2D eigenvalue weighted by molar-refractivity contribution is 7.87. The summed E-state index contributed by atoms with van der Waals surface area (Å²) in [5, 5.41) is 3.16. The Bertz CT molecular complexity index is 522. The monoisotopic (exact) mass is 316 g/mol. The topological polar surface area (TPSA) is 83.6 Å². The molecular formula is C13H24N4O3S. The molecule has 0 aliphatic rings. The lowest BCUT2D eigenvalue weighted by Gasteiger charge is -2.17. The van der Waals surface area contributed by atoms with Crippen molar-refractivity contribution in [1.82, 2.24) is 19.3 Å². The lowest BCUT2D eigenvalue weighted by atomic mass is 10.3. The van der Waals surface area contributed by atoms with Gasteiger partial charge < -0.3 is 10.1 Å². The first-order valence-electron chi connectivity index (χ1n) is 6.90. The number of hydrogen-bond donors (Lipinski definition) is 2. The highest BCUT2D eigenvalue weighted by Crippen LogP contribution is 2.08. The fourth-order valence-electron chi connectivity index (χ4n) is 1.68. The molecule has 2 N–H and O–H groups in total. The van der Waals surface area contributed by atoms with Crippen molar-refractivity contribution in [2.75, 3.05) is 33.8 Å². The molecule has 0 fully saturated rings. The average molecular weight is 316 g/mol. The third kappa shape index (κ3) is 6.38. The van der Waals surface area contributed by atoms with Crippen molar-refractivity contribution >= 4 is 10.2 Å². The first kappa shape index (κ1) is 17.8. The van der Waals surface area contributed by atoms with Gasteiger partial charge in [0.25, 0.3) is 10.2 Å². The van der Waals surface area contributed by atoms with E-state index in [0.717, 1.165) is 25.1 Å². The molecule has 7 nitrogen and oxygen atoms in total. The number of methoxy groups -OCH3 is 1. The second-order valence-corrected chi connectivity index (χ2v) is 6.42. The van der Waals surface area contributed by atoms with Crippen molar-refractivity contribution in [3.8, 4) is 5.88 Å². The zero-order valence-corrected chi connectivity index (χ0v) is 13.6. The largest absolute Gasteiger partial charge is 0.481 e. The van der Waals surface area contributed by atoms with Gasteiger partial charge in [0.1, 0.15) is 0 Å². The van der Waals surface area contributed by atoms with Crippen molar-refractivity contribution in [3.05, 3.63) is 23.9 Å². The van der Waals surface area contributed by atoms with Gasteiger partial charge in [0, 0.05) is 32.4 Å². The number of ether oxygens (including phenoxy) is 1. The summed E-state index contributed by atoms with van der Waals surface area (Å²) in [6, 6.07) is 3.45. The third-order valence-electron chi connectivity index (χ3n) is 2.95. The third-order valence-corrected chi connectivity index (χ3v) is 4.47. The second-order valence-electron chi connectivity index (χ2n) is 4.56. The maximum Gasteiger partial charge on any atom is 0.279 e. The first-order valence-corrected chi connectivity index (χ1v) is 8.34. The van der Waals surface area contributed by atoms with Crippen LogP contribution in [0.3, 0.4) is 0 Å². The Balaban J connectivity index is 2.47. The molecule has 0 aliphatic heterocycles. The molecule has 1 heterocycles. The normalized spacial score (nSPS) is 11.8. The number of nitrogens with one attached hydrogen (secondary N) is 2. The van der Waals surface area contributed by atoms with E-state index in [1.54, 1.807) is 25.4 Å². The van der Waals surface area contributed by atoms with Crippen LogP contribution in [-0.2, 0) is 16.8 Å². The Morgan fingerprint density at radius 1 is 1.43 bits per heavy atom. The van der Waals surface area contributed by atoms with E-state index in [4.69, 9.17) is 4.74 Å². The van der Waals surface area contributed by atoms with E-state index in [-0.39, 0.29) is 6.54 Å². The summed E-state index contributed by atoms with van der Waals surface area (Å²) in [7, 11) is -0.378. The summed E-state index contributed by atoms with van der Waals surface area (Å²) in [5.74, 6) is 0.464. The Hall–Kier alpha value is -1.22. The summed E-state index contributed by atoms with van der Waals surface area (Å²) in [6.07, 6.45) is 2.36. The lowest BCUT2D eigenvalue weighted by molar-refractivity contribution is 0.397. The number of rotatable bonds is 10. The van der Waals surface area contributed by atoms with Crippen molar-refractivity contribution < 1.29 is 13.2 Å². The molecule has 0 atom stereocenters. The zero-order valence-electron chi connectivity index (χ0n) is 12.8. The molecule has 0 bridgehead atoms. The Morgan fingerprint density at radius 3 is 2.86 bits per heavy atom. The molecule has 0 aliphatic carbocycles. The molecule has 1 aromatic rings.